The molecule has 0 fully saturated rings. The molecule has 0 aliphatic carbocycles. The van der Waals surface area contributed by atoms with Gasteiger partial charge in [-0.25, -0.2) is 0 Å². The fraction of sp³-hybridized carbons (Fsp3) is 0.294. The molecule has 2 aromatic carbocycles. The largest absolute Gasteiger partial charge is 0.395 e. The van der Waals surface area contributed by atoms with Crippen molar-refractivity contribution in [3.05, 3.63) is 63.7 Å². The van der Waals surface area contributed by atoms with Crippen molar-refractivity contribution in [2.75, 3.05) is 13.2 Å². The molecule has 5 heteroatoms. The van der Waals surface area contributed by atoms with E-state index in [0.717, 1.165) is 32.9 Å². The number of fused-ring (bicyclic) bond motifs is 2. The van der Waals surface area contributed by atoms with E-state index in [-0.39, 0.29) is 6.61 Å². The van der Waals surface area contributed by atoms with E-state index in [2.05, 4.69) is 5.32 Å². The smallest absolute Gasteiger partial charge is 0.106 e. The van der Waals surface area contributed by atoms with Crippen molar-refractivity contribution < 1.29 is 10.2 Å². The first-order chi connectivity index (χ1) is 10.7. The van der Waals surface area contributed by atoms with Gasteiger partial charge in [0.2, 0.25) is 0 Å². The summed E-state index contributed by atoms with van der Waals surface area (Å²) in [5.74, 6) is 0.799. The van der Waals surface area contributed by atoms with E-state index in [4.69, 9.17) is 16.7 Å². The number of aliphatic hydroxyl groups excluding tert-OH is 2. The molecule has 116 valence electrons. The predicted molar refractivity (Wildman–Crippen MR) is 90.3 cm³/mol. The number of hydrogen-bond donors (Lipinski definition) is 3. The van der Waals surface area contributed by atoms with Crippen LogP contribution in [0.2, 0.25) is 5.02 Å². The molecule has 22 heavy (non-hydrogen) atoms. The molecule has 0 saturated heterocycles. The first-order valence-electron chi connectivity index (χ1n) is 7.23. The molecular weight excluding hydrogens is 318 g/mol. The molecule has 1 unspecified atom stereocenters. The maximum absolute atomic E-state index is 10.9. The molecule has 0 spiro atoms. The van der Waals surface area contributed by atoms with Crippen LogP contribution in [0.3, 0.4) is 0 Å². The van der Waals surface area contributed by atoms with Crippen LogP contribution < -0.4 is 5.32 Å². The molecule has 0 amide bonds. The summed E-state index contributed by atoms with van der Waals surface area (Å²) in [7, 11) is 0. The molecule has 3 N–H and O–H groups in total. The Kier molecular flexibility index (Phi) is 5.06. The SMILES string of the molecule is OCCNCc1cccc2c1C(O)c1ccc(Cl)cc1CS2. The van der Waals surface area contributed by atoms with Crippen LogP contribution in [0.1, 0.15) is 28.4 Å². The van der Waals surface area contributed by atoms with Gasteiger partial charge in [0.05, 0.1) is 6.61 Å². The molecule has 1 heterocycles. The minimum atomic E-state index is -0.649. The standard InChI is InChI=1S/C17H18ClNO2S/c18-13-4-5-14-12(8-13)10-22-15-3-1-2-11(9-19-6-7-20)16(15)17(14)21/h1-5,8,17,19-21H,6-7,9-10H2. The quantitative estimate of drug-likeness (QED) is 0.751. The number of rotatable bonds is 4. The van der Waals surface area contributed by atoms with Crippen molar-refractivity contribution in [2.24, 2.45) is 0 Å². The van der Waals surface area contributed by atoms with E-state index in [1.165, 1.54) is 0 Å². The van der Waals surface area contributed by atoms with Crippen molar-refractivity contribution in [3.8, 4) is 0 Å². The van der Waals surface area contributed by atoms with Crippen LogP contribution in [0.25, 0.3) is 0 Å². The van der Waals surface area contributed by atoms with Gasteiger partial charge in [-0.2, -0.15) is 0 Å². The minimum Gasteiger partial charge on any atom is -0.395 e. The lowest BCUT2D eigenvalue weighted by molar-refractivity contribution is 0.215. The molecule has 0 radical (unpaired) electrons. The number of nitrogens with one attached hydrogen (secondary N) is 1. The van der Waals surface area contributed by atoms with Crippen LogP contribution in [0.5, 0.6) is 0 Å². The lowest BCUT2D eigenvalue weighted by Crippen LogP contribution is -2.19. The summed E-state index contributed by atoms with van der Waals surface area (Å²) in [6.07, 6.45) is -0.649. The van der Waals surface area contributed by atoms with E-state index in [9.17, 15) is 5.11 Å². The molecular formula is C17H18ClNO2S. The normalized spacial score (nSPS) is 16.8. The van der Waals surface area contributed by atoms with E-state index in [1.54, 1.807) is 11.8 Å². The number of halogens is 1. The average Bonchev–Trinajstić information content (AvgIpc) is 2.65. The van der Waals surface area contributed by atoms with Crippen molar-refractivity contribution in [1.82, 2.24) is 5.32 Å². The Bertz CT molecular complexity index is 678. The summed E-state index contributed by atoms with van der Waals surface area (Å²) >= 11 is 7.80. The third-order valence-electron chi connectivity index (χ3n) is 3.82. The number of thioether (sulfide) groups is 1. The van der Waals surface area contributed by atoms with Crippen LogP contribution in [-0.4, -0.2) is 23.4 Å². The van der Waals surface area contributed by atoms with Gasteiger partial charge >= 0.3 is 0 Å². The van der Waals surface area contributed by atoms with Gasteiger partial charge in [-0.3, -0.25) is 0 Å². The highest BCUT2D eigenvalue weighted by atomic mass is 35.5. The van der Waals surface area contributed by atoms with Gasteiger partial charge in [-0.05, 0) is 34.9 Å². The topological polar surface area (TPSA) is 52.5 Å². The molecule has 1 atom stereocenters. The predicted octanol–water partition coefficient (Wildman–Crippen LogP) is 3.11. The average molecular weight is 336 g/mol. The fourth-order valence-electron chi connectivity index (χ4n) is 2.76. The number of benzene rings is 2. The zero-order valence-electron chi connectivity index (χ0n) is 12.1. The highest BCUT2D eigenvalue weighted by Gasteiger charge is 2.24. The monoisotopic (exact) mass is 335 g/mol. The van der Waals surface area contributed by atoms with Crippen LogP contribution in [-0.2, 0) is 12.3 Å². The number of aliphatic hydroxyl groups is 2. The molecule has 0 saturated carbocycles. The second-order valence-corrected chi connectivity index (χ2v) is 6.72. The van der Waals surface area contributed by atoms with E-state index < -0.39 is 6.10 Å². The lowest BCUT2D eigenvalue weighted by Gasteiger charge is -2.18. The summed E-state index contributed by atoms with van der Waals surface area (Å²) < 4.78 is 0. The Balaban J connectivity index is 2.00. The second-order valence-electron chi connectivity index (χ2n) is 5.26. The van der Waals surface area contributed by atoms with Gasteiger partial charge in [-0.15, -0.1) is 11.8 Å². The highest BCUT2D eigenvalue weighted by molar-refractivity contribution is 7.98. The summed E-state index contributed by atoms with van der Waals surface area (Å²) in [6.45, 7) is 1.27. The summed E-state index contributed by atoms with van der Waals surface area (Å²) in [5, 5.41) is 23.7. The second kappa shape index (κ2) is 7.02. The molecule has 1 aliphatic rings. The lowest BCUT2D eigenvalue weighted by atomic mass is 9.94. The summed E-state index contributed by atoms with van der Waals surface area (Å²) in [4.78, 5) is 1.10. The van der Waals surface area contributed by atoms with Crippen molar-refractivity contribution >= 4 is 23.4 Å². The van der Waals surface area contributed by atoms with Crippen molar-refractivity contribution in [1.29, 1.82) is 0 Å². The minimum absolute atomic E-state index is 0.105. The van der Waals surface area contributed by atoms with E-state index >= 15 is 0 Å². The maximum atomic E-state index is 10.9. The van der Waals surface area contributed by atoms with Crippen LogP contribution >= 0.6 is 23.4 Å². The molecule has 0 aromatic heterocycles. The van der Waals surface area contributed by atoms with Gasteiger partial charge in [0.15, 0.2) is 0 Å². The molecule has 3 nitrogen and oxygen atoms in total. The Morgan fingerprint density at radius 1 is 1.27 bits per heavy atom. The highest BCUT2D eigenvalue weighted by Crippen LogP contribution is 2.41. The summed E-state index contributed by atoms with van der Waals surface area (Å²) in [5.41, 5.74) is 4.02. The molecule has 1 aliphatic heterocycles. The first-order valence-corrected chi connectivity index (χ1v) is 8.59. The molecule has 2 aromatic rings. The van der Waals surface area contributed by atoms with Gasteiger partial charge in [0, 0.05) is 34.3 Å². The third kappa shape index (κ3) is 3.16. The zero-order chi connectivity index (χ0) is 15.5. The van der Waals surface area contributed by atoms with Gasteiger partial charge in [0.25, 0.3) is 0 Å². The summed E-state index contributed by atoms with van der Waals surface area (Å²) in [6, 6.07) is 11.8. The Hall–Kier alpha value is -1.04. The Morgan fingerprint density at radius 3 is 2.95 bits per heavy atom. The van der Waals surface area contributed by atoms with Crippen LogP contribution in [0.4, 0.5) is 0 Å². The Morgan fingerprint density at radius 2 is 2.14 bits per heavy atom. The van der Waals surface area contributed by atoms with Crippen LogP contribution in [0, 0.1) is 0 Å². The molecule has 0 bridgehead atoms. The molecule has 3 rings (SSSR count). The maximum Gasteiger partial charge on any atom is 0.106 e. The van der Waals surface area contributed by atoms with E-state index in [1.807, 2.05) is 36.4 Å². The van der Waals surface area contributed by atoms with Crippen molar-refractivity contribution in [2.45, 2.75) is 23.3 Å². The van der Waals surface area contributed by atoms with Crippen molar-refractivity contribution in [3.63, 3.8) is 0 Å². The van der Waals surface area contributed by atoms with Gasteiger partial charge < -0.3 is 15.5 Å². The zero-order valence-corrected chi connectivity index (χ0v) is 13.6. The Labute approximate surface area is 139 Å². The van der Waals surface area contributed by atoms with Crippen LogP contribution in [0.15, 0.2) is 41.3 Å². The first kappa shape index (κ1) is 15.8. The van der Waals surface area contributed by atoms with Gasteiger partial charge in [0.1, 0.15) is 6.10 Å². The fourth-order valence-corrected chi connectivity index (χ4v) is 4.09. The van der Waals surface area contributed by atoms with E-state index in [0.29, 0.717) is 18.1 Å². The number of hydrogen-bond acceptors (Lipinski definition) is 4. The third-order valence-corrected chi connectivity index (χ3v) is 5.17. The van der Waals surface area contributed by atoms with Gasteiger partial charge in [-0.1, -0.05) is 29.8 Å².